The number of rotatable bonds is 3. The second kappa shape index (κ2) is 9.55. The number of anilines is 1. The number of aromatic hydroxyl groups is 1. The Morgan fingerprint density at radius 2 is 1.72 bits per heavy atom. The smallest absolute Gasteiger partial charge is 0.255 e. The number of amides is 1. The van der Waals surface area contributed by atoms with E-state index >= 15 is 4.39 Å². The molecule has 4 rings (SSSR count). The van der Waals surface area contributed by atoms with Gasteiger partial charge < -0.3 is 31.1 Å². The summed E-state index contributed by atoms with van der Waals surface area (Å²) in [5, 5.41) is 44.1. The number of hydrogen-bond acceptors (Lipinski definition) is 9. The number of hydrogen-bond donors (Lipinski definition) is 5. The second-order valence-corrected chi connectivity index (χ2v) is 9.44. The minimum Gasteiger partial charge on any atom is -0.508 e. The highest BCUT2D eigenvalue weighted by molar-refractivity contribution is 6.24. The van der Waals surface area contributed by atoms with Crippen molar-refractivity contribution in [3.8, 4) is 5.75 Å². The van der Waals surface area contributed by atoms with Crippen molar-refractivity contribution >= 4 is 53.7 Å². The standard InChI is InChI=1S/C23H26FN3O7.2ClH/c1-26(2)12-7-11(24)9-5-8-6-10-16(27(3)4)19(30)15(22(25)33)21(32)23(10,34)20(31)13(8)18(29)14(9)17(12)28;;/h7-8,10,16,28-29,32,34H,5-6H2,1-4H3,(H2,25,33);2*1H/t8-,10-,16-,23-;;/m0../s1. The molecule has 0 aliphatic heterocycles. The fourth-order valence-corrected chi connectivity index (χ4v) is 5.59. The Labute approximate surface area is 218 Å². The van der Waals surface area contributed by atoms with Gasteiger partial charge in [-0.15, -0.1) is 24.8 Å². The SMILES string of the molecule is CN(C)c1cc(F)c2c(c1O)C(O)=C1C(=O)[C@]3(O)C(O)=C(C(N)=O)C(=O)[C@@H](N(C)C)[C@@H]3C[C@@H]1C2.Cl.Cl. The quantitative estimate of drug-likeness (QED) is 0.347. The number of nitrogens with zero attached hydrogens (tertiary/aromatic N) is 2. The van der Waals surface area contributed by atoms with Crippen molar-refractivity contribution in [1.82, 2.24) is 4.90 Å². The lowest BCUT2D eigenvalue weighted by atomic mass is 9.57. The summed E-state index contributed by atoms with van der Waals surface area (Å²) < 4.78 is 15.0. The van der Waals surface area contributed by atoms with Crippen LogP contribution in [0.2, 0.25) is 0 Å². The molecule has 0 aromatic heterocycles. The van der Waals surface area contributed by atoms with Crippen LogP contribution in [0.1, 0.15) is 17.5 Å². The number of aliphatic hydroxyl groups excluding tert-OH is 2. The highest BCUT2D eigenvalue weighted by atomic mass is 35.5. The van der Waals surface area contributed by atoms with Crippen molar-refractivity contribution in [3.63, 3.8) is 0 Å². The maximum atomic E-state index is 15.0. The lowest BCUT2D eigenvalue weighted by Gasteiger charge is -2.50. The fourth-order valence-electron chi connectivity index (χ4n) is 5.59. The van der Waals surface area contributed by atoms with Crippen LogP contribution in [0.3, 0.4) is 0 Å². The molecule has 198 valence electrons. The number of aliphatic hydroxyl groups is 3. The van der Waals surface area contributed by atoms with Crippen molar-refractivity contribution in [3.05, 3.63) is 39.9 Å². The molecule has 0 unspecified atom stereocenters. The van der Waals surface area contributed by atoms with E-state index in [9.17, 15) is 34.8 Å². The predicted octanol–water partition coefficient (Wildman–Crippen LogP) is 1.01. The molecular formula is C23H28Cl2FN3O7. The topological polar surface area (TPSA) is 165 Å². The molecular weight excluding hydrogens is 520 g/mol. The summed E-state index contributed by atoms with van der Waals surface area (Å²) in [7, 11) is 6.14. The third kappa shape index (κ3) is 3.73. The van der Waals surface area contributed by atoms with Gasteiger partial charge in [0.25, 0.3) is 5.91 Å². The number of halogens is 3. The third-order valence-electron chi connectivity index (χ3n) is 7.13. The van der Waals surface area contributed by atoms with Crippen LogP contribution in [0.4, 0.5) is 10.1 Å². The Balaban J connectivity index is 0.00000228. The first-order chi connectivity index (χ1) is 15.7. The molecule has 0 heterocycles. The summed E-state index contributed by atoms with van der Waals surface area (Å²) >= 11 is 0. The number of phenols is 1. The van der Waals surface area contributed by atoms with Gasteiger partial charge in [-0.25, -0.2) is 4.39 Å². The third-order valence-corrected chi connectivity index (χ3v) is 7.13. The molecule has 13 heteroatoms. The van der Waals surface area contributed by atoms with Crippen molar-refractivity contribution in [2.75, 3.05) is 33.1 Å². The summed E-state index contributed by atoms with van der Waals surface area (Å²) in [4.78, 5) is 41.5. The molecule has 36 heavy (non-hydrogen) atoms. The molecule has 3 aliphatic rings. The van der Waals surface area contributed by atoms with Crippen LogP contribution in [-0.4, -0.2) is 82.6 Å². The number of primary amides is 1. The summed E-state index contributed by atoms with van der Waals surface area (Å²) in [5.74, 6) is -8.34. The molecule has 1 fully saturated rings. The van der Waals surface area contributed by atoms with Crippen molar-refractivity contribution in [2.24, 2.45) is 17.6 Å². The van der Waals surface area contributed by atoms with Crippen LogP contribution in [-0.2, 0) is 20.8 Å². The van der Waals surface area contributed by atoms with E-state index in [1.165, 1.54) is 23.9 Å². The Morgan fingerprint density at radius 3 is 2.22 bits per heavy atom. The number of carbonyl (C=O) groups is 3. The minimum absolute atomic E-state index is 0. The summed E-state index contributed by atoms with van der Waals surface area (Å²) in [6, 6.07) is -0.0692. The number of phenolic OH excluding ortho intramolecular Hbond substituents is 1. The van der Waals surface area contributed by atoms with Crippen LogP contribution >= 0.6 is 24.8 Å². The first-order valence-electron chi connectivity index (χ1n) is 10.6. The average molecular weight is 548 g/mol. The van der Waals surface area contributed by atoms with Gasteiger partial charge in [-0.3, -0.25) is 19.3 Å². The van der Waals surface area contributed by atoms with Crippen molar-refractivity contribution in [2.45, 2.75) is 24.5 Å². The van der Waals surface area contributed by atoms with E-state index in [-0.39, 0.29) is 60.0 Å². The van der Waals surface area contributed by atoms with Gasteiger partial charge in [-0.2, -0.15) is 0 Å². The van der Waals surface area contributed by atoms with E-state index in [4.69, 9.17) is 5.73 Å². The zero-order valence-electron chi connectivity index (χ0n) is 19.9. The second-order valence-electron chi connectivity index (χ2n) is 9.44. The molecule has 0 spiro atoms. The molecule has 3 aliphatic carbocycles. The van der Waals surface area contributed by atoms with E-state index in [0.717, 1.165) is 6.07 Å². The molecule has 4 atom stereocenters. The molecule has 1 aromatic rings. The summed E-state index contributed by atoms with van der Waals surface area (Å²) in [6.45, 7) is 0. The Kier molecular flexibility index (Phi) is 7.79. The van der Waals surface area contributed by atoms with Crippen LogP contribution < -0.4 is 10.6 Å². The first-order valence-corrected chi connectivity index (χ1v) is 10.6. The van der Waals surface area contributed by atoms with Crippen LogP contribution in [0, 0.1) is 17.7 Å². The number of benzene rings is 1. The maximum absolute atomic E-state index is 15.0. The van der Waals surface area contributed by atoms with E-state index in [1.54, 1.807) is 14.1 Å². The van der Waals surface area contributed by atoms with Gasteiger partial charge in [0.2, 0.25) is 5.78 Å². The molecule has 1 aromatic carbocycles. The van der Waals surface area contributed by atoms with Gasteiger partial charge in [0.15, 0.2) is 11.4 Å². The molecule has 1 saturated carbocycles. The van der Waals surface area contributed by atoms with Crippen LogP contribution in [0.25, 0.3) is 5.76 Å². The number of fused-ring (bicyclic) bond motifs is 3. The molecule has 1 amide bonds. The van der Waals surface area contributed by atoms with Gasteiger partial charge in [-0.1, -0.05) is 0 Å². The molecule has 10 nitrogen and oxygen atoms in total. The highest BCUT2D eigenvalue weighted by Gasteiger charge is 2.64. The highest BCUT2D eigenvalue weighted by Crippen LogP contribution is 2.53. The van der Waals surface area contributed by atoms with Gasteiger partial charge >= 0.3 is 0 Å². The maximum Gasteiger partial charge on any atom is 0.255 e. The average Bonchev–Trinajstić information content (AvgIpc) is 2.72. The first kappa shape index (κ1) is 29.4. The predicted molar refractivity (Wildman–Crippen MR) is 133 cm³/mol. The number of carbonyl (C=O) groups excluding carboxylic acids is 3. The molecule has 0 radical (unpaired) electrons. The molecule has 0 saturated heterocycles. The van der Waals surface area contributed by atoms with Crippen LogP contribution in [0.5, 0.6) is 5.75 Å². The van der Waals surface area contributed by atoms with Crippen molar-refractivity contribution in [1.29, 1.82) is 0 Å². The minimum atomic E-state index is -2.72. The lowest BCUT2D eigenvalue weighted by Crippen LogP contribution is -2.65. The van der Waals surface area contributed by atoms with E-state index < -0.39 is 69.6 Å². The van der Waals surface area contributed by atoms with Gasteiger partial charge in [0.1, 0.15) is 28.7 Å². The van der Waals surface area contributed by atoms with Gasteiger partial charge in [0, 0.05) is 37.2 Å². The number of ketones is 2. The zero-order chi connectivity index (χ0) is 25.4. The Bertz CT molecular complexity index is 1230. The van der Waals surface area contributed by atoms with E-state index in [1.807, 2.05) is 0 Å². The van der Waals surface area contributed by atoms with Gasteiger partial charge in [-0.05, 0) is 32.9 Å². The fraction of sp³-hybridized carbons (Fsp3) is 0.435. The Morgan fingerprint density at radius 1 is 1.14 bits per heavy atom. The van der Waals surface area contributed by atoms with Gasteiger partial charge in [0.05, 0.1) is 17.3 Å². The molecule has 0 bridgehead atoms. The molecule has 6 N–H and O–H groups in total. The number of likely N-dealkylation sites (N-methyl/N-ethyl adjacent to an activating group) is 1. The van der Waals surface area contributed by atoms with E-state index in [2.05, 4.69) is 0 Å². The normalized spacial score (nSPS) is 27.0. The largest absolute Gasteiger partial charge is 0.508 e. The van der Waals surface area contributed by atoms with E-state index in [0.29, 0.717) is 0 Å². The lowest BCUT2D eigenvalue weighted by molar-refractivity contribution is -0.153. The number of Topliss-reactive ketones (excluding diaryl/α,β-unsaturated/α-hetero) is 2. The summed E-state index contributed by atoms with van der Waals surface area (Å²) in [5.41, 5.74) is 1.13. The number of nitrogens with two attached hydrogens (primary N) is 1. The zero-order valence-corrected chi connectivity index (χ0v) is 21.5. The van der Waals surface area contributed by atoms with Crippen molar-refractivity contribution < 1.29 is 39.2 Å². The Hall–Kier alpha value is -2.86. The monoisotopic (exact) mass is 547 g/mol. The van der Waals surface area contributed by atoms with Crippen LogP contribution in [0.15, 0.2) is 23.0 Å². The summed E-state index contributed by atoms with van der Waals surface area (Å²) in [6.07, 6.45) is -0.191.